The average Bonchev–Trinajstić information content (AvgIpc) is 2.36. The van der Waals surface area contributed by atoms with Crippen molar-refractivity contribution in [2.45, 2.75) is 19.4 Å². The number of nitrogens with one attached hydrogen (secondary N) is 1. The fourth-order valence-corrected chi connectivity index (χ4v) is 1.37. The highest BCUT2D eigenvalue weighted by molar-refractivity contribution is 5.85. The number of ether oxygens (including phenoxy) is 3. The van der Waals surface area contributed by atoms with Crippen molar-refractivity contribution in [3.8, 4) is 0 Å². The number of carbonyl (C=O) groups is 3. The smallest absolute Gasteiger partial charge is 0.328 e. The van der Waals surface area contributed by atoms with Crippen LogP contribution >= 0.6 is 0 Å². The van der Waals surface area contributed by atoms with E-state index in [0.29, 0.717) is 0 Å². The fraction of sp³-hybridized carbons (Fsp3) is 0.727. The van der Waals surface area contributed by atoms with E-state index in [1.54, 1.807) is 6.92 Å². The Kier molecular flexibility index (Phi) is 7.69. The van der Waals surface area contributed by atoms with Gasteiger partial charge < -0.3 is 19.5 Å². The fourth-order valence-electron chi connectivity index (χ4n) is 1.37. The van der Waals surface area contributed by atoms with Crippen LogP contribution in [0.15, 0.2) is 0 Å². The summed E-state index contributed by atoms with van der Waals surface area (Å²) in [5.74, 6) is -2.05. The molecule has 0 aliphatic heterocycles. The first kappa shape index (κ1) is 16.4. The summed E-state index contributed by atoms with van der Waals surface area (Å²) in [6.45, 7) is 1.43. The minimum absolute atomic E-state index is 0.106. The van der Waals surface area contributed by atoms with Crippen LogP contribution in [0.5, 0.6) is 0 Å². The molecule has 7 heteroatoms. The van der Waals surface area contributed by atoms with Crippen molar-refractivity contribution in [3.63, 3.8) is 0 Å². The molecule has 0 radical (unpaired) electrons. The molecule has 2 atom stereocenters. The molecule has 1 N–H and O–H groups in total. The van der Waals surface area contributed by atoms with Crippen molar-refractivity contribution in [1.29, 1.82) is 0 Å². The molecule has 0 fully saturated rings. The molecule has 0 saturated carbocycles. The molecule has 0 aromatic heterocycles. The van der Waals surface area contributed by atoms with E-state index in [9.17, 15) is 14.4 Å². The van der Waals surface area contributed by atoms with Gasteiger partial charge in [0.2, 0.25) is 5.91 Å². The molecule has 0 rings (SSSR count). The molecule has 0 aromatic rings. The van der Waals surface area contributed by atoms with Gasteiger partial charge in [-0.25, -0.2) is 4.79 Å². The predicted molar refractivity (Wildman–Crippen MR) is 61.6 cm³/mol. The number of carbonyl (C=O) groups excluding carboxylic acids is 3. The van der Waals surface area contributed by atoms with Crippen molar-refractivity contribution >= 4 is 17.8 Å². The average molecular weight is 261 g/mol. The Hall–Kier alpha value is -1.63. The summed E-state index contributed by atoms with van der Waals surface area (Å²) >= 11 is 0. The standard InChI is InChI=1S/C11H19NO6/c1-7(10(14)17-3)5-8(11(15)18-4)12-9(13)6-16-2/h7-8H,5-6H2,1-4H3,(H,12,13)/t7-,8+/m0/s1. The van der Waals surface area contributed by atoms with Crippen molar-refractivity contribution in [1.82, 2.24) is 5.32 Å². The summed E-state index contributed by atoms with van der Waals surface area (Å²) < 4.78 is 13.7. The van der Waals surface area contributed by atoms with Crippen LogP contribution in [0.2, 0.25) is 0 Å². The van der Waals surface area contributed by atoms with Gasteiger partial charge in [0.25, 0.3) is 0 Å². The largest absolute Gasteiger partial charge is 0.469 e. The van der Waals surface area contributed by atoms with E-state index in [1.807, 2.05) is 0 Å². The second kappa shape index (κ2) is 8.46. The van der Waals surface area contributed by atoms with Gasteiger partial charge in [0.15, 0.2) is 0 Å². The predicted octanol–water partition coefficient (Wildman–Crippen LogP) is -0.510. The Morgan fingerprint density at radius 1 is 1.06 bits per heavy atom. The van der Waals surface area contributed by atoms with Crippen LogP contribution in [0, 0.1) is 5.92 Å². The lowest BCUT2D eigenvalue weighted by atomic mass is 10.0. The van der Waals surface area contributed by atoms with E-state index in [1.165, 1.54) is 21.3 Å². The molecular weight excluding hydrogens is 242 g/mol. The maximum Gasteiger partial charge on any atom is 0.328 e. The summed E-state index contributed by atoms with van der Waals surface area (Å²) in [6, 6.07) is -0.897. The van der Waals surface area contributed by atoms with Gasteiger partial charge in [0, 0.05) is 7.11 Å². The van der Waals surface area contributed by atoms with Crippen molar-refractivity contribution in [2.24, 2.45) is 5.92 Å². The van der Waals surface area contributed by atoms with Crippen LogP contribution in [0.25, 0.3) is 0 Å². The highest BCUT2D eigenvalue weighted by Gasteiger charge is 2.27. The molecule has 1 amide bonds. The molecule has 0 aromatic carbocycles. The molecule has 0 saturated heterocycles. The van der Waals surface area contributed by atoms with Crippen LogP contribution < -0.4 is 5.32 Å². The second-order valence-electron chi connectivity index (χ2n) is 3.74. The number of esters is 2. The molecule has 18 heavy (non-hydrogen) atoms. The van der Waals surface area contributed by atoms with Gasteiger partial charge in [-0.05, 0) is 6.42 Å². The number of hydrogen-bond donors (Lipinski definition) is 1. The summed E-state index contributed by atoms with van der Waals surface area (Å²) in [5, 5.41) is 2.43. The van der Waals surface area contributed by atoms with E-state index < -0.39 is 29.8 Å². The van der Waals surface area contributed by atoms with E-state index in [4.69, 9.17) is 0 Å². The van der Waals surface area contributed by atoms with Crippen LogP contribution in [-0.2, 0) is 28.6 Å². The van der Waals surface area contributed by atoms with E-state index in [0.717, 1.165) is 0 Å². The SMILES string of the molecule is COCC(=O)N[C@H](C[C@H](C)C(=O)OC)C(=O)OC. The van der Waals surface area contributed by atoms with Crippen LogP contribution in [0.1, 0.15) is 13.3 Å². The number of hydrogen-bond acceptors (Lipinski definition) is 6. The lowest BCUT2D eigenvalue weighted by molar-refractivity contribution is -0.149. The van der Waals surface area contributed by atoms with Crippen LogP contribution in [0.4, 0.5) is 0 Å². The first-order valence-corrected chi connectivity index (χ1v) is 5.40. The second-order valence-corrected chi connectivity index (χ2v) is 3.74. The molecule has 104 valence electrons. The Bertz CT molecular complexity index is 304. The lowest BCUT2D eigenvalue weighted by Crippen LogP contribution is -2.44. The number of rotatable bonds is 7. The quantitative estimate of drug-likeness (QED) is 0.621. The highest BCUT2D eigenvalue weighted by atomic mass is 16.5. The Morgan fingerprint density at radius 2 is 1.61 bits per heavy atom. The van der Waals surface area contributed by atoms with Gasteiger partial charge in [-0.1, -0.05) is 6.92 Å². The summed E-state index contributed by atoms with van der Waals surface area (Å²) in [4.78, 5) is 34.1. The number of amides is 1. The topological polar surface area (TPSA) is 90.9 Å². The maximum atomic E-state index is 11.5. The highest BCUT2D eigenvalue weighted by Crippen LogP contribution is 2.09. The molecular formula is C11H19NO6. The van der Waals surface area contributed by atoms with Crippen LogP contribution in [0.3, 0.4) is 0 Å². The van der Waals surface area contributed by atoms with Crippen molar-refractivity contribution in [3.05, 3.63) is 0 Å². The number of methoxy groups -OCH3 is 3. The first-order chi connectivity index (χ1) is 8.46. The monoisotopic (exact) mass is 261 g/mol. The molecule has 0 bridgehead atoms. The van der Waals surface area contributed by atoms with E-state index in [2.05, 4.69) is 19.5 Å². The molecule has 0 aliphatic rings. The third kappa shape index (κ3) is 5.62. The van der Waals surface area contributed by atoms with Gasteiger partial charge in [-0.2, -0.15) is 0 Å². The summed E-state index contributed by atoms with van der Waals surface area (Å²) in [7, 11) is 3.83. The van der Waals surface area contributed by atoms with Gasteiger partial charge >= 0.3 is 11.9 Å². The van der Waals surface area contributed by atoms with Crippen molar-refractivity contribution < 1.29 is 28.6 Å². The van der Waals surface area contributed by atoms with Crippen LogP contribution in [-0.4, -0.2) is 51.8 Å². The lowest BCUT2D eigenvalue weighted by Gasteiger charge is -2.18. The zero-order valence-electron chi connectivity index (χ0n) is 11.0. The third-order valence-corrected chi connectivity index (χ3v) is 2.29. The molecule has 0 unspecified atom stereocenters. The third-order valence-electron chi connectivity index (χ3n) is 2.29. The van der Waals surface area contributed by atoms with Crippen molar-refractivity contribution in [2.75, 3.05) is 27.9 Å². The summed E-state index contributed by atoms with van der Waals surface area (Å²) in [6.07, 6.45) is 0.106. The molecule has 0 heterocycles. The minimum atomic E-state index is -0.897. The van der Waals surface area contributed by atoms with E-state index in [-0.39, 0.29) is 13.0 Å². The maximum absolute atomic E-state index is 11.5. The zero-order chi connectivity index (χ0) is 14.1. The van der Waals surface area contributed by atoms with E-state index >= 15 is 0 Å². The Balaban J connectivity index is 4.54. The normalized spacial score (nSPS) is 13.3. The van der Waals surface area contributed by atoms with Gasteiger partial charge in [0.05, 0.1) is 20.1 Å². The van der Waals surface area contributed by atoms with Gasteiger partial charge in [-0.15, -0.1) is 0 Å². The molecule has 7 nitrogen and oxygen atoms in total. The first-order valence-electron chi connectivity index (χ1n) is 5.40. The molecule has 0 spiro atoms. The molecule has 0 aliphatic carbocycles. The van der Waals surface area contributed by atoms with Gasteiger partial charge in [-0.3, -0.25) is 9.59 Å². The zero-order valence-corrected chi connectivity index (χ0v) is 11.0. The summed E-state index contributed by atoms with van der Waals surface area (Å²) in [5.41, 5.74) is 0. The Morgan fingerprint density at radius 3 is 2.06 bits per heavy atom. The Labute approximate surface area is 106 Å². The minimum Gasteiger partial charge on any atom is -0.469 e. The van der Waals surface area contributed by atoms with Gasteiger partial charge in [0.1, 0.15) is 12.6 Å².